The minimum absolute atomic E-state index is 0.0733. The highest BCUT2D eigenvalue weighted by atomic mass is 16.2. The summed E-state index contributed by atoms with van der Waals surface area (Å²) in [5.74, 6) is -0.00403. The minimum Gasteiger partial charge on any atom is -0.332 e. The van der Waals surface area contributed by atoms with E-state index in [0.717, 1.165) is 23.0 Å². The van der Waals surface area contributed by atoms with Gasteiger partial charge in [0.05, 0.1) is 23.4 Å². The van der Waals surface area contributed by atoms with Gasteiger partial charge in [-0.2, -0.15) is 0 Å². The van der Waals surface area contributed by atoms with Crippen LogP contribution in [0.3, 0.4) is 0 Å². The summed E-state index contributed by atoms with van der Waals surface area (Å²) in [4.78, 5) is 32.6. The highest BCUT2D eigenvalue weighted by Crippen LogP contribution is 2.20. The van der Waals surface area contributed by atoms with Gasteiger partial charge in [-0.05, 0) is 56.0 Å². The molecule has 1 saturated heterocycles. The first-order valence-electron chi connectivity index (χ1n) is 11.4. The second-order valence-electron chi connectivity index (χ2n) is 8.69. The third-order valence-electron chi connectivity index (χ3n) is 6.38. The third kappa shape index (κ3) is 5.56. The monoisotopic (exact) mass is 445 g/mol. The number of hydrogen-bond acceptors (Lipinski definition) is 5. The fourth-order valence-electron chi connectivity index (χ4n) is 4.39. The molecule has 0 spiro atoms. The van der Waals surface area contributed by atoms with E-state index >= 15 is 0 Å². The van der Waals surface area contributed by atoms with Crippen LogP contribution >= 0.6 is 0 Å². The zero-order chi connectivity index (χ0) is 23.2. The van der Waals surface area contributed by atoms with Crippen LogP contribution in [0.25, 0.3) is 10.9 Å². The SMILES string of the molecule is CN(C(=O)[C@H]1C[C@H](CN)CN1)C(CCc1ccccc1)C(=O)Nc1cnc2ccccc2c1. The van der Waals surface area contributed by atoms with Crippen molar-refractivity contribution in [3.63, 3.8) is 0 Å². The van der Waals surface area contributed by atoms with Crippen molar-refractivity contribution in [3.05, 3.63) is 72.4 Å². The minimum atomic E-state index is -0.608. The molecule has 3 atom stereocenters. The van der Waals surface area contributed by atoms with Crippen LogP contribution in [-0.2, 0) is 16.0 Å². The number of nitrogens with zero attached hydrogens (tertiary/aromatic N) is 2. The lowest BCUT2D eigenvalue weighted by molar-refractivity contribution is -0.138. The van der Waals surface area contributed by atoms with Crippen LogP contribution in [0.1, 0.15) is 18.4 Å². The predicted molar refractivity (Wildman–Crippen MR) is 131 cm³/mol. The molecule has 2 heterocycles. The smallest absolute Gasteiger partial charge is 0.247 e. The lowest BCUT2D eigenvalue weighted by Gasteiger charge is -2.29. The molecule has 7 nitrogen and oxygen atoms in total. The number of para-hydroxylation sites is 1. The molecule has 172 valence electrons. The summed E-state index contributed by atoms with van der Waals surface area (Å²) >= 11 is 0. The lowest BCUT2D eigenvalue weighted by Crippen LogP contribution is -2.51. The average molecular weight is 446 g/mol. The molecule has 1 aliphatic heterocycles. The number of nitrogens with one attached hydrogen (secondary N) is 2. The van der Waals surface area contributed by atoms with E-state index in [1.165, 1.54) is 0 Å². The van der Waals surface area contributed by atoms with Crippen molar-refractivity contribution in [2.45, 2.75) is 31.3 Å². The topological polar surface area (TPSA) is 100 Å². The van der Waals surface area contributed by atoms with Crippen molar-refractivity contribution >= 4 is 28.4 Å². The van der Waals surface area contributed by atoms with Crippen molar-refractivity contribution in [3.8, 4) is 0 Å². The zero-order valence-corrected chi connectivity index (χ0v) is 18.9. The van der Waals surface area contributed by atoms with Gasteiger partial charge in [-0.1, -0.05) is 48.5 Å². The van der Waals surface area contributed by atoms with Gasteiger partial charge < -0.3 is 21.3 Å². The molecule has 1 aliphatic rings. The van der Waals surface area contributed by atoms with Crippen LogP contribution < -0.4 is 16.4 Å². The van der Waals surface area contributed by atoms with Crippen LogP contribution in [0.5, 0.6) is 0 Å². The Hall–Kier alpha value is -3.29. The largest absolute Gasteiger partial charge is 0.332 e. The highest BCUT2D eigenvalue weighted by Gasteiger charge is 2.35. The molecule has 4 rings (SSSR count). The van der Waals surface area contributed by atoms with E-state index in [0.29, 0.717) is 31.5 Å². The molecule has 3 aromatic rings. The lowest BCUT2D eigenvalue weighted by atomic mass is 10.0. The molecule has 1 fully saturated rings. The maximum Gasteiger partial charge on any atom is 0.247 e. The number of likely N-dealkylation sites (N-methyl/N-ethyl adjacent to an activating group) is 1. The van der Waals surface area contributed by atoms with Crippen LogP contribution in [0.2, 0.25) is 0 Å². The number of hydrogen-bond donors (Lipinski definition) is 3. The Balaban J connectivity index is 1.51. The molecule has 0 radical (unpaired) electrons. The van der Waals surface area contributed by atoms with Crippen LogP contribution in [0.15, 0.2) is 66.9 Å². The Morgan fingerprint density at radius 1 is 1.18 bits per heavy atom. The number of carbonyl (C=O) groups excluding carboxylic acids is 2. The first-order valence-corrected chi connectivity index (χ1v) is 11.4. The summed E-state index contributed by atoms with van der Waals surface area (Å²) in [6, 6.07) is 18.7. The molecule has 4 N–H and O–H groups in total. The van der Waals surface area contributed by atoms with Gasteiger partial charge in [-0.15, -0.1) is 0 Å². The maximum atomic E-state index is 13.4. The Morgan fingerprint density at radius 3 is 2.70 bits per heavy atom. The van der Waals surface area contributed by atoms with Crippen molar-refractivity contribution in [1.29, 1.82) is 0 Å². The van der Waals surface area contributed by atoms with Gasteiger partial charge >= 0.3 is 0 Å². The number of pyridine rings is 1. The zero-order valence-electron chi connectivity index (χ0n) is 18.9. The number of carbonyl (C=O) groups is 2. The Bertz CT molecular complexity index is 1100. The summed E-state index contributed by atoms with van der Waals surface area (Å²) in [7, 11) is 1.72. The van der Waals surface area contributed by atoms with E-state index in [1.54, 1.807) is 18.1 Å². The number of aromatic nitrogens is 1. The molecule has 7 heteroatoms. The summed E-state index contributed by atoms with van der Waals surface area (Å²) in [5.41, 5.74) is 8.40. The second kappa shape index (κ2) is 10.6. The summed E-state index contributed by atoms with van der Waals surface area (Å²) in [6.07, 6.45) is 3.56. The van der Waals surface area contributed by atoms with E-state index in [4.69, 9.17) is 5.73 Å². The van der Waals surface area contributed by atoms with Crippen molar-refractivity contribution < 1.29 is 9.59 Å². The number of rotatable bonds is 8. The molecule has 0 saturated carbocycles. The number of amides is 2. The van der Waals surface area contributed by atoms with Gasteiger partial charge in [0.1, 0.15) is 6.04 Å². The first-order chi connectivity index (χ1) is 16.0. The summed E-state index contributed by atoms with van der Waals surface area (Å²) in [5, 5.41) is 7.19. The standard InChI is InChI=1S/C26H31N5O2/c1-31(26(33)23-13-19(15-27)16-28-23)24(12-11-18-7-3-2-4-8-18)25(32)30-21-14-20-9-5-6-10-22(20)29-17-21/h2-10,14,17,19,23-24,28H,11-13,15-16,27H2,1H3,(H,30,32)/t19-,23-,24?/m1/s1. The Labute approximate surface area is 194 Å². The number of nitrogens with two attached hydrogens (primary N) is 1. The second-order valence-corrected chi connectivity index (χ2v) is 8.69. The highest BCUT2D eigenvalue weighted by molar-refractivity contribution is 5.99. The van der Waals surface area contributed by atoms with Crippen molar-refractivity contribution in [1.82, 2.24) is 15.2 Å². The van der Waals surface area contributed by atoms with Crippen molar-refractivity contribution in [2.75, 3.05) is 25.5 Å². The fraction of sp³-hybridized carbons (Fsp3) is 0.346. The molecule has 0 aliphatic carbocycles. The Kier molecular flexibility index (Phi) is 7.32. The molecular formula is C26H31N5O2. The molecule has 2 aromatic carbocycles. The van der Waals surface area contributed by atoms with Gasteiger partial charge in [-0.3, -0.25) is 14.6 Å². The van der Waals surface area contributed by atoms with Crippen LogP contribution in [-0.4, -0.2) is 53.9 Å². The molecule has 2 amide bonds. The Morgan fingerprint density at radius 2 is 1.94 bits per heavy atom. The predicted octanol–water partition coefficient (Wildman–Crippen LogP) is 2.57. The fourth-order valence-corrected chi connectivity index (χ4v) is 4.39. The van der Waals surface area contributed by atoms with Gasteiger partial charge in [0.25, 0.3) is 0 Å². The number of anilines is 1. The molecule has 33 heavy (non-hydrogen) atoms. The van der Waals surface area contributed by atoms with E-state index in [9.17, 15) is 9.59 Å². The maximum absolute atomic E-state index is 13.4. The third-order valence-corrected chi connectivity index (χ3v) is 6.38. The summed E-state index contributed by atoms with van der Waals surface area (Å²) < 4.78 is 0. The van der Waals surface area contributed by atoms with E-state index in [2.05, 4.69) is 15.6 Å². The van der Waals surface area contributed by atoms with E-state index in [1.807, 2.05) is 60.7 Å². The summed E-state index contributed by atoms with van der Waals surface area (Å²) in [6.45, 7) is 1.28. The number of benzene rings is 2. The van der Waals surface area contributed by atoms with Gasteiger partial charge in [-0.25, -0.2) is 0 Å². The van der Waals surface area contributed by atoms with E-state index < -0.39 is 6.04 Å². The van der Waals surface area contributed by atoms with E-state index in [-0.39, 0.29) is 23.8 Å². The molecule has 1 aromatic heterocycles. The average Bonchev–Trinajstić information content (AvgIpc) is 3.33. The van der Waals surface area contributed by atoms with Gasteiger partial charge in [0, 0.05) is 12.4 Å². The molecular weight excluding hydrogens is 414 g/mol. The normalized spacial score (nSPS) is 18.7. The van der Waals surface area contributed by atoms with Crippen molar-refractivity contribution in [2.24, 2.45) is 11.7 Å². The number of aryl methyl sites for hydroxylation is 1. The van der Waals surface area contributed by atoms with Crippen LogP contribution in [0.4, 0.5) is 5.69 Å². The molecule has 0 bridgehead atoms. The first kappa shape index (κ1) is 22.9. The van der Waals surface area contributed by atoms with Gasteiger partial charge in [0.2, 0.25) is 11.8 Å². The number of fused-ring (bicyclic) bond motifs is 1. The molecule has 1 unspecified atom stereocenters. The van der Waals surface area contributed by atoms with Crippen LogP contribution in [0, 0.1) is 5.92 Å². The van der Waals surface area contributed by atoms with Gasteiger partial charge in [0.15, 0.2) is 0 Å². The quantitative estimate of drug-likeness (QED) is 0.495.